The molecule has 0 atom stereocenters. The molecule has 0 bridgehead atoms. The summed E-state index contributed by atoms with van der Waals surface area (Å²) in [5, 5.41) is 0. The van der Waals surface area contributed by atoms with Crippen molar-refractivity contribution in [1.82, 2.24) is 4.90 Å². The topological polar surface area (TPSA) is 29.3 Å². The molecule has 0 amide bonds. The van der Waals surface area contributed by atoms with Crippen molar-refractivity contribution >= 4 is 17.2 Å². The van der Waals surface area contributed by atoms with E-state index in [1.807, 2.05) is 6.07 Å². The molecule has 0 fully saturated rings. The van der Waals surface area contributed by atoms with E-state index in [1.54, 1.807) is 0 Å². The van der Waals surface area contributed by atoms with Gasteiger partial charge in [-0.3, -0.25) is 4.90 Å². The van der Waals surface area contributed by atoms with Crippen LogP contribution in [0.15, 0.2) is 18.2 Å². The fourth-order valence-corrected chi connectivity index (χ4v) is 2.61. The lowest BCUT2D eigenvalue weighted by Gasteiger charge is -2.26. The molecule has 0 spiro atoms. The molecule has 112 valence electrons. The fourth-order valence-electron chi connectivity index (χ4n) is 2.48. The Balaban J connectivity index is 2.77. The minimum atomic E-state index is 0.476. The van der Waals surface area contributed by atoms with E-state index in [1.165, 1.54) is 30.5 Å². The highest BCUT2D eigenvalue weighted by atomic mass is 32.1. The minimum Gasteiger partial charge on any atom is -0.389 e. The first kappa shape index (κ1) is 17.1. The summed E-state index contributed by atoms with van der Waals surface area (Å²) in [5.41, 5.74) is 9.29. The van der Waals surface area contributed by atoms with Crippen LogP contribution in [-0.2, 0) is 6.54 Å². The highest BCUT2D eigenvalue weighted by molar-refractivity contribution is 7.80. The number of thiocarbonyl (C=S) groups is 1. The van der Waals surface area contributed by atoms with Crippen molar-refractivity contribution in [2.45, 2.75) is 47.1 Å². The smallest absolute Gasteiger partial charge is 0.103 e. The first-order valence-electron chi connectivity index (χ1n) is 7.63. The molecule has 2 N–H and O–H groups in total. The van der Waals surface area contributed by atoms with E-state index in [2.05, 4.69) is 44.7 Å². The molecular weight excluding hydrogens is 264 g/mol. The molecule has 0 aliphatic heterocycles. The van der Waals surface area contributed by atoms with Gasteiger partial charge in [0.2, 0.25) is 0 Å². The summed E-state index contributed by atoms with van der Waals surface area (Å²) in [7, 11) is 0. The average molecular weight is 292 g/mol. The van der Waals surface area contributed by atoms with E-state index < -0.39 is 0 Å². The quantitative estimate of drug-likeness (QED) is 0.737. The summed E-state index contributed by atoms with van der Waals surface area (Å²) < 4.78 is 0. The monoisotopic (exact) mass is 292 g/mol. The van der Waals surface area contributed by atoms with Gasteiger partial charge >= 0.3 is 0 Å². The molecule has 0 heterocycles. The lowest BCUT2D eigenvalue weighted by atomic mass is 10.0. The van der Waals surface area contributed by atoms with Crippen molar-refractivity contribution in [2.75, 3.05) is 13.1 Å². The number of rotatable bonds is 8. The van der Waals surface area contributed by atoms with Crippen LogP contribution in [0.5, 0.6) is 0 Å². The zero-order chi connectivity index (χ0) is 15.1. The number of nitrogens with zero attached hydrogens (tertiary/aromatic N) is 1. The molecule has 0 aliphatic carbocycles. The SMILES string of the molecule is CCC(CC)CN(CC)Cc1ccc(C(N)=S)cc1C. The highest BCUT2D eigenvalue weighted by Gasteiger charge is 2.11. The van der Waals surface area contributed by atoms with Crippen LogP contribution in [0, 0.1) is 12.8 Å². The van der Waals surface area contributed by atoms with Crippen LogP contribution in [-0.4, -0.2) is 23.0 Å². The Labute approximate surface area is 129 Å². The standard InChI is InChI=1S/C17H28N2S/c1-5-14(6-2)11-19(7-3)12-16-9-8-15(17(18)20)10-13(16)4/h8-10,14H,5-7,11-12H2,1-4H3,(H2,18,20). The van der Waals surface area contributed by atoms with Gasteiger partial charge in [0, 0.05) is 18.7 Å². The summed E-state index contributed by atoms with van der Waals surface area (Å²) in [6, 6.07) is 6.30. The molecule has 0 radical (unpaired) electrons. The number of hydrogen-bond acceptors (Lipinski definition) is 2. The Hall–Kier alpha value is -0.930. The molecule has 0 aliphatic rings. The van der Waals surface area contributed by atoms with Crippen LogP contribution in [0.3, 0.4) is 0 Å². The predicted octanol–water partition coefficient (Wildman–Crippen LogP) is 3.89. The molecule has 0 saturated heterocycles. The summed E-state index contributed by atoms with van der Waals surface area (Å²) in [4.78, 5) is 3.00. The molecular formula is C17H28N2S. The van der Waals surface area contributed by atoms with E-state index in [4.69, 9.17) is 18.0 Å². The van der Waals surface area contributed by atoms with Gasteiger partial charge in [0.25, 0.3) is 0 Å². The van der Waals surface area contributed by atoms with Crippen LogP contribution < -0.4 is 5.73 Å². The van der Waals surface area contributed by atoms with Crippen LogP contribution in [0.2, 0.25) is 0 Å². The molecule has 0 aromatic heterocycles. The lowest BCUT2D eigenvalue weighted by molar-refractivity contribution is 0.226. The second-order valence-electron chi connectivity index (χ2n) is 5.52. The van der Waals surface area contributed by atoms with Crippen molar-refractivity contribution in [3.8, 4) is 0 Å². The molecule has 1 rings (SSSR count). The van der Waals surface area contributed by atoms with Gasteiger partial charge in [-0.1, -0.05) is 58.0 Å². The van der Waals surface area contributed by atoms with Gasteiger partial charge in [-0.2, -0.15) is 0 Å². The second-order valence-corrected chi connectivity index (χ2v) is 5.96. The van der Waals surface area contributed by atoms with E-state index in [9.17, 15) is 0 Å². The zero-order valence-electron chi connectivity index (χ0n) is 13.3. The first-order chi connectivity index (χ1) is 9.51. The number of nitrogens with two attached hydrogens (primary N) is 1. The van der Waals surface area contributed by atoms with Gasteiger partial charge in [-0.25, -0.2) is 0 Å². The Kier molecular flexibility index (Phi) is 7.17. The van der Waals surface area contributed by atoms with E-state index in [0.717, 1.165) is 24.6 Å². The number of benzene rings is 1. The highest BCUT2D eigenvalue weighted by Crippen LogP contribution is 2.16. The molecule has 0 saturated carbocycles. The third-order valence-electron chi connectivity index (χ3n) is 4.14. The van der Waals surface area contributed by atoms with Crippen LogP contribution in [0.1, 0.15) is 50.3 Å². The second kappa shape index (κ2) is 8.38. The Bertz CT molecular complexity index is 439. The molecule has 2 nitrogen and oxygen atoms in total. The Morgan fingerprint density at radius 2 is 1.90 bits per heavy atom. The number of hydrogen-bond donors (Lipinski definition) is 1. The summed E-state index contributed by atoms with van der Waals surface area (Å²) in [6.45, 7) is 12.2. The van der Waals surface area contributed by atoms with Gasteiger partial charge in [-0.15, -0.1) is 0 Å². The van der Waals surface area contributed by atoms with Crippen LogP contribution in [0.4, 0.5) is 0 Å². The maximum Gasteiger partial charge on any atom is 0.103 e. The van der Waals surface area contributed by atoms with Crippen molar-refractivity contribution in [1.29, 1.82) is 0 Å². The van der Waals surface area contributed by atoms with Gasteiger partial charge in [0.05, 0.1) is 0 Å². The van der Waals surface area contributed by atoms with Crippen molar-refractivity contribution in [3.63, 3.8) is 0 Å². The minimum absolute atomic E-state index is 0.476. The van der Waals surface area contributed by atoms with Gasteiger partial charge in [0.15, 0.2) is 0 Å². The van der Waals surface area contributed by atoms with E-state index in [-0.39, 0.29) is 0 Å². The van der Waals surface area contributed by atoms with Crippen LogP contribution >= 0.6 is 12.2 Å². The summed E-state index contributed by atoms with van der Waals surface area (Å²) in [6.07, 6.45) is 2.51. The predicted molar refractivity (Wildman–Crippen MR) is 92.1 cm³/mol. The first-order valence-corrected chi connectivity index (χ1v) is 8.04. The Morgan fingerprint density at radius 3 is 2.35 bits per heavy atom. The zero-order valence-corrected chi connectivity index (χ0v) is 14.1. The van der Waals surface area contributed by atoms with Crippen molar-refractivity contribution in [2.24, 2.45) is 11.7 Å². The van der Waals surface area contributed by atoms with E-state index >= 15 is 0 Å². The maximum atomic E-state index is 5.68. The molecule has 1 aromatic carbocycles. The molecule has 3 heteroatoms. The summed E-state index contributed by atoms with van der Waals surface area (Å²) >= 11 is 5.03. The van der Waals surface area contributed by atoms with Gasteiger partial charge in [0.1, 0.15) is 4.99 Å². The summed E-state index contributed by atoms with van der Waals surface area (Å²) in [5.74, 6) is 0.797. The van der Waals surface area contributed by atoms with Crippen molar-refractivity contribution in [3.05, 3.63) is 34.9 Å². The maximum absolute atomic E-state index is 5.68. The molecule has 1 aromatic rings. The molecule has 0 unspecified atom stereocenters. The third kappa shape index (κ3) is 4.88. The largest absolute Gasteiger partial charge is 0.389 e. The number of aryl methyl sites for hydroxylation is 1. The third-order valence-corrected chi connectivity index (χ3v) is 4.38. The van der Waals surface area contributed by atoms with E-state index in [0.29, 0.717) is 4.99 Å². The van der Waals surface area contributed by atoms with Crippen molar-refractivity contribution < 1.29 is 0 Å². The van der Waals surface area contributed by atoms with Gasteiger partial charge < -0.3 is 5.73 Å². The Morgan fingerprint density at radius 1 is 1.25 bits per heavy atom. The molecule has 20 heavy (non-hydrogen) atoms. The van der Waals surface area contributed by atoms with Crippen LogP contribution in [0.25, 0.3) is 0 Å². The van der Waals surface area contributed by atoms with Gasteiger partial charge in [-0.05, 0) is 36.6 Å². The average Bonchev–Trinajstić information content (AvgIpc) is 2.44. The lowest BCUT2D eigenvalue weighted by Crippen LogP contribution is -2.29. The fraction of sp³-hybridized carbons (Fsp3) is 0.588. The normalized spacial score (nSPS) is 11.3.